The summed E-state index contributed by atoms with van der Waals surface area (Å²) in [6.07, 6.45) is -3.04. The normalized spacial score (nSPS) is 12.8. The predicted octanol–water partition coefficient (Wildman–Crippen LogP) is 2.51. The van der Waals surface area contributed by atoms with Gasteiger partial charge in [0.05, 0.1) is 10.5 Å². The van der Waals surface area contributed by atoms with E-state index in [0.717, 1.165) is 18.5 Å². The van der Waals surface area contributed by atoms with Gasteiger partial charge in [0, 0.05) is 20.3 Å². The van der Waals surface area contributed by atoms with Crippen molar-refractivity contribution in [2.75, 3.05) is 14.1 Å². The molecule has 11 heteroatoms. The van der Waals surface area contributed by atoms with Crippen LogP contribution < -0.4 is 0 Å². The molecule has 0 bridgehead atoms. The first-order valence-electron chi connectivity index (χ1n) is 6.40. The van der Waals surface area contributed by atoms with Crippen LogP contribution in [0.4, 0.5) is 17.6 Å². The monoisotopic (exact) mass is 364 g/mol. The molecule has 0 unspecified atom stereocenters. The molecule has 1 aromatic heterocycles. The van der Waals surface area contributed by atoms with Crippen molar-refractivity contribution in [1.29, 1.82) is 0 Å². The number of hydrogen-bond donors (Lipinski definition) is 1. The molecule has 0 fully saturated rings. The van der Waals surface area contributed by atoms with Crippen molar-refractivity contribution in [2.24, 2.45) is 4.40 Å². The summed E-state index contributed by atoms with van der Waals surface area (Å²) in [5, 5.41) is 0. The van der Waals surface area contributed by atoms with Crippen LogP contribution >= 0.6 is 0 Å². The Kier molecular flexibility index (Phi) is 4.65. The summed E-state index contributed by atoms with van der Waals surface area (Å²) in [4.78, 5) is 6.42. The van der Waals surface area contributed by atoms with E-state index in [1.54, 1.807) is 14.1 Å². The molecule has 6 nitrogen and oxygen atoms in total. The molecular weight excluding hydrogens is 352 g/mol. The lowest BCUT2D eigenvalue weighted by Crippen LogP contribution is -2.10. The molecule has 1 heterocycles. The molecule has 130 valence electrons. The SMILES string of the molecule is CN(C)C=NS(=O)(=O)c1ccc(-c2nc(C(F)(F)F)c[nH]2)c(F)c1. The number of sulfonamides is 1. The highest BCUT2D eigenvalue weighted by atomic mass is 32.2. The van der Waals surface area contributed by atoms with E-state index in [0.29, 0.717) is 12.3 Å². The van der Waals surface area contributed by atoms with Crippen molar-refractivity contribution in [3.63, 3.8) is 0 Å². The van der Waals surface area contributed by atoms with Crippen molar-refractivity contribution < 1.29 is 26.0 Å². The van der Waals surface area contributed by atoms with Gasteiger partial charge in [-0.25, -0.2) is 9.37 Å². The Labute approximate surface area is 134 Å². The van der Waals surface area contributed by atoms with Crippen LogP contribution in [0.25, 0.3) is 11.4 Å². The quantitative estimate of drug-likeness (QED) is 0.514. The van der Waals surface area contributed by atoms with Gasteiger partial charge in [-0.15, -0.1) is 4.40 Å². The fourth-order valence-corrected chi connectivity index (χ4v) is 2.60. The smallest absolute Gasteiger partial charge is 0.368 e. The van der Waals surface area contributed by atoms with Gasteiger partial charge >= 0.3 is 6.18 Å². The van der Waals surface area contributed by atoms with Gasteiger partial charge in [0.1, 0.15) is 18.0 Å². The third-order valence-electron chi connectivity index (χ3n) is 2.78. The highest BCUT2D eigenvalue weighted by Crippen LogP contribution is 2.30. The van der Waals surface area contributed by atoms with Crippen molar-refractivity contribution >= 4 is 16.4 Å². The van der Waals surface area contributed by atoms with Crippen molar-refractivity contribution in [3.8, 4) is 11.4 Å². The zero-order valence-electron chi connectivity index (χ0n) is 12.5. The van der Waals surface area contributed by atoms with Crippen molar-refractivity contribution in [1.82, 2.24) is 14.9 Å². The molecule has 0 saturated carbocycles. The van der Waals surface area contributed by atoms with Gasteiger partial charge in [0.15, 0.2) is 5.69 Å². The maximum absolute atomic E-state index is 14.1. The average molecular weight is 364 g/mol. The number of rotatable bonds is 4. The van der Waals surface area contributed by atoms with Gasteiger partial charge in [-0.05, 0) is 18.2 Å². The van der Waals surface area contributed by atoms with Crippen LogP contribution in [0.15, 0.2) is 33.7 Å². The first kappa shape index (κ1) is 17.9. The lowest BCUT2D eigenvalue weighted by atomic mass is 10.2. The standard InChI is InChI=1S/C13H12F4N4O2S/c1-21(2)7-19-24(22,23)8-3-4-9(10(14)5-8)12-18-6-11(20-12)13(15,16)17/h3-7H,1-2H3,(H,18,20). The van der Waals surface area contributed by atoms with Gasteiger partial charge < -0.3 is 9.88 Å². The van der Waals surface area contributed by atoms with E-state index < -0.39 is 32.6 Å². The molecule has 0 atom stereocenters. The number of alkyl halides is 3. The lowest BCUT2D eigenvalue weighted by molar-refractivity contribution is -0.140. The summed E-state index contributed by atoms with van der Waals surface area (Å²) in [5.74, 6) is -1.40. The largest absolute Gasteiger partial charge is 0.434 e. The number of halogens is 4. The molecule has 0 saturated heterocycles. The molecule has 24 heavy (non-hydrogen) atoms. The number of imidazole rings is 1. The van der Waals surface area contributed by atoms with E-state index in [-0.39, 0.29) is 11.4 Å². The summed E-state index contributed by atoms with van der Waals surface area (Å²) < 4.78 is 78.8. The minimum atomic E-state index is -4.67. The molecule has 2 rings (SSSR count). The second-order valence-corrected chi connectivity index (χ2v) is 6.57. The lowest BCUT2D eigenvalue weighted by Gasteiger charge is -2.05. The topological polar surface area (TPSA) is 78.4 Å². The number of nitrogens with one attached hydrogen (secondary N) is 1. The number of hydrogen-bond acceptors (Lipinski definition) is 3. The Balaban J connectivity index is 2.39. The Morgan fingerprint density at radius 1 is 1.29 bits per heavy atom. The highest BCUT2D eigenvalue weighted by molar-refractivity contribution is 7.90. The van der Waals surface area contributed by atoms with E-state index >= 15 is 0 Å². The maximum atomic E-state index is 14.1. The highest BCUT2D eigenvalue weighted by Gasteiger charge is 2.34. The van der Waals surface area contributed by atoms with Crippen LogP contribution in [0.1, 0.15) is 5.69 Å². The van der Waals surface area contributed by atoms with Crippen LogP contribution in [0.3, 0.4) is 0 Å². The van der Waals surface area contributed by atoms with Crippen LogP contribution in [-0.4, -0.2) is 43.7 Å². The summed E-state index contributed by atoms with van der Waals surface area (Å²) >= 11 is 0. The third kappa shape index (κ3) is 3.91. The summed E-state index contributed by atoms with van der Waals surface area (Å²) in [5.41, 5.74) is -1.50. The van der Waals surface area contributed by atoms with Gasteiger partial charge in [-0.1, -0.05) is 0 Å². The van der Waals surface area contributed by atoms with Crippen LogP contribution in [0.2, 0.25) is 0 Å². The van der Waals surface area contributed by atoms with E-state index in [1.807, 2.05) is 0 Å². The van der Waals surface area contributed by atoms with Crippen LogP contribution in [0, 0.1) is 5.82 Å². The van der Waals surface area contributed by atoms with Gasteiger partial charge in [-0.3, -0.25) is 0 Å². The van der Waals surface area contributed by atoms with E-state index in [2.05, 4.69) is 14.4 Å². The Morgan fingerprint density at radius 2 is 1.96 bits per heavy atom. The van der Waals surface area contributed by atoms with Crippen molar-refractivity contribution in [3.05, 3.63) is 35.9 Å². The Hall–Kier alpha value is -2.43. The van der Waals surface area contributed by atoms with Crippen LogP contribution in [0.5, 0.6) is 0 Å². The number of benzene rings is 1. The number of nitrogens with zero attached hydrogens (tertiary/aromatic N) is 3. The molecule has 1 aromatic carbocycles. The number of H-pyrrole nitrogens is 1. The molecule has 0 aliphatic heterocycles. The molecule has 0 aliphatic rings. The first-order chi connectivity index (χ1) is 11.0. The average Bonchev–Trinajstić information content (AvgIpc) is 2.95. The predicted molar refractivity (Wildman–Crippen MR) is 78.3 cm³/mol. The zero-order valence-corrected chi connectivity index (χ0v) is 13.3. The second kappa shape index (κ2) is 6.23. The van der Waals surface area contributed by atoms with Gasteiger partial charge in [-0.2, -0.15) is 21.6 Å². The number of aromatic amines is 1. The zero-order chi connectivity index (χ0) is 18.1. The second-order valence-electron chi connectivity index (χ2n) is 4.93. The molecule has 2 aromatic rings. The fraction of sp³-hybridized carbons (Fsp3) is 0.231. The third-order valence-corrected chi connectivity index (χ3v) is 4.00. The van der Waals surface area contributed by atoms with Crippen LogP contribution in [-0.2, 0) is 16.2 Å². The minimum Gasteiger partial charge on any atom is -0.368 e. The van der Waals surface area contributed by atoms with Gasteiger partial charge in [0.2, 0.25) is 0 Å². The minimum absolute atomic E-state index is 0.291. The summed E-state index contributed by atoms with van der Waals surface area (Å²) in [6, 6.07) is 2.73. The maximum Gasteiger partial charge on any atom is 0.434 e. The Bertz CT molecular complexity index is 872. The summed E-state index contributed by atoms with van der Waals surface area (Å²) in [7, 11) is -1.01. The van der Waals surface area contributed by atoms with E-state index in [1.165, 1.54) is 4.90 Å². The molecule has 0 spiro atoms. The molecule has 0 aliphatic carbocycles. The van der Waals surface area contributed by atoms with E-state index in [9.17, 15) is 26.0 Å². The van der Waals surface area contributed by atoms with Crippen molar-refractivity contribution in [2.45, 2.75) is 11.1 Å². The fourth-order valence-electron chi connectivity index (χ4n) is 1.67. The molecular formula is C13H12F4N4O2S. The molecule has 0 amide bonds. The molecule has 1 N–H and O–H groups in total. The van der Waals surface area contributed by atoms with Gasteiger partial charge in [0.25, 0.3) is 10.0 Å². The molecule has 0 radical (unpaired) electrons. The summed E-state index contributed by atoms with van der Waals surface area (Å²) in [6.45, 7) is 0. The Morgan fingerprint density at radius 3 is 2.46 bits per heavy atom. The first-order valence-corrected chi connectivity index (χ1v) is 7.84. The number of aromatic nitrogens is 2. The van der Waals surface area contributed by atoms with E-state index in [4.69, 9.17) is 0 Å².